The molecular formula is C17H30N2O4. The van der Waals surface area contributed by atoms with Crippen molar-refractivity contribution in [2.24, 2.45) is 11.8 Å². The van der Waals surface area contributed by atoms with Gasteiger partial charge in [0.15, 0.2) is 0 Å². The minimum absolute atomic E-state index is 0.109. The fourth-order valence-electron chi connectivity index (χ4n) is 3.84. The van der Waals surface area contributed by atoms with Crippen molar-refractivity contribution in [2.45, 2.75) is 63.8 Å². The maximum atomic E-state index is 12.1. The molecule has 3 aliphatic rings. The van der Waals surface area contributed by atoms with Gasteiger partial charge in [-0.05, 0) is 52.5 Å². The zero-order chi connectivity index (χ0) is 16.4. The van der Waals surface area contributed by atoms with E-state index in [-0.39, 0.29) is 24.3 Å². The molecule has 0 aromatic carbocycles. The minimum atomic E-state index is -0.468. The topological polar surface area (TPSA) is 68.8 Å². The van der Waals surface area contributed by atoms with E-state index in [2.05, 4.69) is 10.6 Å². The Morgan fingerprint density at radius 2 is 1.87 bits per heavy atom. The Morgan fingerprint density at radius 1 is 1.13 bits per heavy atom. The van der Waals surface area contributed by atoms with E-state index >= 15 is 0 Å². The molecule has 0 spiro atoms. The summed E-state index contributed by atoms with van der Waals surface area (Å²) in [7, 11) is 0. The number of hydrogen-bond donors (Lipinski definition) is 2. The SMILES string of the molecule is CC(C)(C)OC(=O)NC1C2CCOC2C1NCC1CCOCC1. The standard InChI is InChI=1S/C17H30N2O4/c1-17(2,3)23-16(20)19-13-12-6-9-22-15(12)14(13)18-10-11-4-7-21-8-5-11/h11-15,18H,4-10H2,1-3H3,(H,19,20). The highest BCUT2D eigenvalue weighted by Gasteiger charge is 2.54. The smallest absolute Gasteiger partial charge is 0.407 e. The number of hydrogen-bond acceptors (Lipinski definition) is 5. The average Bonchev–Trinajstić information content (AvgIpc) is 2.89. The molecule has 3 fully saturated rings. The van der Waals surface area contributed by atoms with E-state index in [9.17, 15) is 4.79 Å². The molecule has 0 aromatic heterocycles. The minimum Gasteiger partial charge on any atom is -0.444 e. The number of amides is 1. The van der Waals surface area contributed by atoms with Crippen LogP contribution in [0.1, 0.15) is 40.0 Å². The van der Waals surface area contributed by atoms with Gasteiger partial charge in [-0.1, -0.05) is 0 Å². The van der Waals surface area contributed by atoms with Crippen molar-refractivity contribution in [3.05, 3.63) is 0 Å². The fraction of sp³-hybridized carbons (Fsp3) is 0.941. The summed E-state index contributed by atoms with van der Waals surface area (Å²) in [5.74, 6) is 1.07. The van der Waals surface area contributed by atoms with Gasteiger partial charge in [-0.15, -0.1) is 0 Å². The Labute approximate surface area is 138 Å². The van der Waals surface area contributed by atoms with Gasteiger partial charge in [0.05, 0.1) is 18.2 Å². The Morgan fingerprint density at radius 3 is 2.57 bits per heavy atom. The monoisotopic (exact) mass is 326 g/mol. The number of nitrogens with one attached hydrogen (secondary N) is 2. The number of carbonyl (C=O) groups is 1. The number of ether oxygens (including phenoxy) is 3. The van der Waals surface area contributed by atoms with Crippen LogP contribution in [0.15, 0.2) is 0 Å². The third-order valence-electron chi connectivity index (χ3n) is 5.05. The van der Waals surface area contributed by atoms with E-state index in [4.69, 9.17) is 14.2 Å². The van der Waals surface area contributed by atoms with E-state index in [1.54, 1.807) is 0 Å². The molecule has 2 N–H and O–H groups in total. The number of fused-ring (bicyclic) bond motifs is 1. The molecular weight excluding hydrogens is 296 g/mol. The quantitative estimate of drug-likeness (QED) is 0.823. The molecule has 6 nitrogen and oxygen atoms in total. The first-order valence-electron chi connectivity index (χ1n) is 8.86. The van der Waals surface area contributed by atoms with Crippen LogP contribution in [0.2, 0.25) is 0 Å². The van der Waals surface area contributed by atoms with E-state index in [0.717, 1.165) is 45.6 Å². The Kier molecular flexibility index (Phi) is 5.13. The van der Waals surface area contributed by atoms with Gasteiger partial charge in [-0.25, -0.2) is 4.79 Å². The predicted molar refractivity (Wildman–Crippen MR) is 86.3 cm³/mol. The first kappa shape index (κ1) is 17.0. The lowest BCUT2D eigenvalue weighted by molar-refractivity contribution is -0.0366. The highest BCUT2D eigenvalue weighted by Crippen LogP contribution is 2.39. The van der Waals surface area contributed by atoms with Crippen LogP contribution < -0.4 is 10.6 Å². The van der Waals surface area contributed by atoms with Crippen molar-refractivity contribution >= 4 is 6.09 Å². The summed E-state index contributed by atoms with van der Waals surface area (Å²) in [5.41, 5.74) is -0.468. The summed E-state index contributed by atoms with van der Waals surface area (Å²) >= 11 is 0. The van der Waals surface area contributed by atoms with Gasteiger partial charge in [-0.3, -0.25) is 0 Å². The van der Waals surface area contributed by atoms with Crippen LogP contribution >= 0.6 is 0 Å². The molecule has 0 radical (unpaired) electrons. The molecule has 2 heterocycles. The van der Waals surface area contributed by atoms with Gasteiger partial charge in [0.2, 0.25) is 0 Å². The van der Waals surface area contributed by atoms with Crippen LogP contribution in [-0.4, -0.2) is 56.2 Å². The summed E-state index contributed by atoms with van der Waals surface area (Å²) in [4.78, 5) is 12.1. The molecule has 23 heavy (non-hydrogen) atoms. The van der Waals surface area contributed by atoms with Gasteiger partial charge in [0.1, 0.15) is 5.60 Å². The van der Waals surface area contributed by atoms with Gasteiger partial charge in [0.25, 0.3) is 0 Å². The van der Waals surface area contributed by atoms with Crippen LogP contribution in [0.3, 0.4) is 0 Å². The van der Waals surface area contributed by atoms with Crippen LogP contribution in [0.4, 0.5) is 4.79 Å². The summed E-state index contributed by atoms with van der Waals surface area (Å²) < 4.78 is 16.6. The highest BCUT2D eigenvalue weighted by atomic mass is 16.6. The second-order valence-corrected chi connectivity index (χ2v) is 7.95. The molecule has 4 atom stereocenters. The number of carbonyl (C=O) groups excluding carboxylic acids is 1. The summed E-state index contributed by atoms with van der Waals surface area (Å²) in [5, 5.41) is 6.68. The zero-order valence-electron chi connectivity index (χ0n) is 14.5. The zero-order valence-corrected chi connectivity index (χ0v) is 14.5. The third-order valence-corrected chi connectivity index (χ3v) is 5.05. The maximum absolute atomic E-state index is 12.1. The van der Waals surface area contributed by atoms with Gasteiger partial charge >= 0.3 is 6.09 Å². The van der Waals surface area contributed by atoms with Crippen molar-refractivity contribution in [1.82, 2.24) is 10.6 Å². The summed E-state index contributed by atoms with van der Waals surface area (Å²) in [6, 6.07) is 0.301. The van der Waals surface area contributed by atoms with E-state index in [1.165, 1.54) is 0 Å². The normalized spacial score (nSPS) is 34.6. The number of rotatable bonds is 4. The molecule has 1 amide bonds. The first-order valence-corrected chi connectivity index (χ1v) is 8.86. The lowest BCUT2D eigenvalue weighted by Crippen LogP contribution is -2.70. The molecule has 0 aromatic rings. The van der Waals surface area contributed by atoms with Crippen molar-refractivity contribution in [3.8, 4) is 0 Å². The summed E-state index contributed by atoms with van der Waals surface area (Å²) in [6.45, 7) is 9.13. The fourth-order valence-corrected chi connectivity index (χ4v) is 3.84. The molecule has 4 unspecified atom stereocenters. The van der Waals surface area contributed by atoms with Crippen LogP contribution in [0.25, 0.3) is 0 Å². The molecule has 2 aliphatic heterocycles. The molecule has 132 valence electrons. The Hall–Kier alpha value is -0.850. The number of alkyl carbamates (subject to hydrolysis) is 1. The van der Waals surface area contributed by atoms with Crippen molar-refractivity contribution in [2.75, 3.05) is 26.4 Å². The van der Waals surface area contributed by atoms with Gasteiger partial charge in [-0.2, -0.15) is 0 Å². The molecule has 1 aliphatic carbocycles. The highest BCUT2D eigenvalue weighted by molar-refractivity contribution is 5.68. The van der Waals surface area contributed by atoms with E-state index in [0.29, 0.717) is 11.8 Å². The second kappa shape index (κ2) is 6.95. The lowest BCUT2D eigenvalue weighted by atomic mass is 9.71. The van der Waals surface area contributed by atoms with Gasteiger partial charge in [0, 0.05) is 25.7 Å². The van der Waals surface area contributed by atoms with Crippen molar-refractivity contribution in [3.63, 3.8) is 0 Å². The molecule has 0 bridgehead atoms. The van der Waals surface area contributed by atoms with Crippen LogP contribution in [0.5, 0.6) is 0 Å². The molecule has 3 rings (SSSR count). The first-order chi connectivity index (χ1) is 10.9. The largest absolute Gasteiger partial charge is 0.444 e. The van der Waals surface area contributed by atoms with E-state index < -0.39 is 5.60 Å². The molecule has 1 saturated carbocycles. The maximum Gasteiger partial charge on any atom is 0.407 e. The summed E-state index contributed by atoms with van der Waals surface area (Å²) in [6.07, 6.45) is 3.14. The van der Waals surface area contributed by atoms with Crippen molar-refractivity contribution in [1.29, 1.82) is 0 Å². The molecule has 6 heteroatoms. The van der Waals surface area contributed by atoms with Crippen molar-refractivity contribution < 1.29 is 19.0 Å². The van der Waals surface area contributed by atoms with E-state index in [1.807, 2.05) is 20.8 Å². The Bertz CT molecular complexity index is 417. The predicted octanol–water partition coefficient (Wildman–Crippen LogP) is 1.68. The van der Waals surface area contributed by atoms with Crippen LogP contribution in [-0.2, 0) is 14.2 Å². The molecule has 2 saturated heterocycles. The third kappa shape index (κ3) is 4.17. The average molecular weight is 326 g/mol. The second-order valence-electron chi connectivity index (χ2n) is 7.95. The lowest BCUT2D eigenvalue weighted by Gasteiger charge is -2.48. The van der Waals surface area contributed by atoms with Gasteiger partial charge < -0.3 is 24.8 Å². The van der Waals surface area contributed by atoms with Crippen LogP contribution in [0, 0.1) is 11.8 Å². The Balaban J connectivity index is 1.51.